The zero-order valence-electron chi connectivity index (χ0n) is 23.5. The number of benzene rings is 1. The highest BCUT2D eigenvalue weighted by molar-refractivity contribution is 5.94. The van der Waals surface area contributed by atoms with Crippen molar-refractivity contribution in [3.63, 3.8) is 0 Å². The molecule has 206 valence electrons. The van der Waals surface area contributed by atoms with Crippen LogP contribution in [-0.4, -0.2) is 22.2 Å². The Labute approximate surface area is 226 Å². The van der Waals surface area contributed by atoms with Crippen LogP contribution in [0.1, 0.15) is 101 Å². The first kappa shape index (κ1) is 30.8. The number of aromatic hydroxyl groups is 1. The van der Waals surface area contributed by atoms with Gasteiger partial charge >= 0.3 is 5.97 Å². The van der Waals surface area contributed by atoms with Crippen molar-refractivity contribution in [1.29, 1.82) is 5.26 Å². The number of hydrogen-bond acceptors (Lipinski definition) is 7. The number of unbranched alkanes of at least 4 members (excludes halogenated alkanes) is 2. The maximum absolute atomic E-state index is 13.0. The summed E-state index contributed by atoms with van der Waals surface area (Å²) in [5.41, 5.74) is 0.224. The molecule has 1 N–H and O–H groups in total. The third-order valence-corrected chi connectivity index (χ3v) is 7.13. The summed E-state index contributed by atoms with van der Waals surface area (Å²) in [6.07, 6.45) is 7.93. The number of rotatable bonds is 15. The van der Waals surface area contributed by atoms with Gasteiger partial charge in [0.15, 0.2) is 5.69 Å². The lowest BCUT2D eigenvalue weighted by molar-refractivity contribution is 0.0429. The number of carbonyl (C=O) groups is 1. The minimum Gasteiger partial charge on any atom is -0.493 e. The van der Waals surface area contributed by atoms with E-state index in [-0.39, 0.29) is 46.4 Å². The summed E-state index contributed by atoms with van der Waals surface area (Å²) >= 11 is 0. The molecule has 0 bridgehead atoms. The van der Waals surface area contributed by atoms with Gasteiger partial charge in [-0.05, 0) is 43.7 Å². The minimum absolute atomic E-state index is 0.0419. The Morgan fingerprint density at radius 3 is 2.29 bits per heavy atom. The van der Waals surface area contributed by atoms with Gasteiger partial charge in [-0.1, -0.05) is 78.4 Å². The lowest BCUT2D eigenvalue weighted by atomic mass is 9.99. The number of esters is 1. The van der Waals surface area contributed by atoms with E-state index in [0.717, 1.165) is 51.4 Å². The molecule has 1 aromatic heterocycles. The predicted molar refractivity (Wildman–Crippen MR) is 149 cm³/mol. The number of nitriles is 1. The maximum Gasteiger partial charge on any atom is 0.340 e. The molecule has 0 amide bonds. The second-order valence-corrected chi connectivity index (χ2v) is 9.85. The average molecular weight is 523 g/mol. The first-order valence-electron chi connectivity index (χ1n) is 13.9. The van der Waals surface area contributed by atoms with Crippen molar-refractivity contribution >= 4 is 17.3 Å². The van der Waals surface area contributed by atoms with Crippen LogP contribution >= 0.6 is 0 Å². The SMILES string of the molecule is CCCCC(CC)COC(=O)c1ccccc1/N=N/c1c(C)c(C#N)c(=O)n(CC(CC)CCCC)c1O. The van der Waals surface area contributed by atoms with Gasteiger partial charge in [-0.15, -0.1) is 10.2 Å². The molecule has 0 aliphatic rings. The molecular weight excluding hydrogens is 480 g/mol. The lowest BCUT2D eigenvalue weighted by Gasteiger charge is -2.19. The molecule has 0 aliphatic heterocycles. The highest BCUT2D eigenvalue weighted by Gasteiger charge is 2.22. The number of aromatic nitrogens is 1. The number of hydrogen-bond donors (Lipinski definition) is 1. The Bertz CT molecular complexity index is 1200. The van der Waals surface area contributed by atoms with Crippen LogP contribution in [0.2, 0.25) is 0 Å². The topological polar surface area (TPSA) is 117 Å². The van der Waals surface area contributed by atoms with Crippen LogP contribution in [0.25, 0.3) is 0 Å². The number of carbonyl (C=O) groups excluding carboxylic acids is 1. The maximum atomic E-state index is 13.0. The van der Waals surface area contributed by atoms with E-state index in [4.69, 9.17) is 4.74 Å². The summed E-state index contributed by atoms with van der Waals surface area (Å²) in [5, 5.41) is 29.2. The quantitative estimate of drug-likeness (QED) is 0.190. The summed E-state index contributed by atoms with van der Waals surface area (Å²) in [5.74, 6) is -0.328. The fraction of sp³-hybridized carbons (Fsp3) is 0.567. The highest BCUT2D eigenvalue weighted by Crippen LogP contribution is 2.34. The van der Waals surface area contributed by atoms with Gasteiger partial charge in [-0.25, -0.2) is 4.79 Å². The Morgan fingerprint density at radius 2 is 1.68 bits per heavy atom. The summed E-state index contributed by atoms with van der Waals surface area (Å²) in [4.78, 5) is 25.9. The summed E-state index contributed by atoms with van der Waals surface area (Å²) in [6.45, 7) is 10.6. The standard InChI is InChI=1S/C30H42N4O4/c1-6-10-14-22(8-3)19-34-28(35)25(18-31)21(5)27(29(34)36)33-32-26-17-13-12-16-24(26)30(37)38-20-23(9-4)15-11-7-2/h12-13,16-17,22-23,36H,6-11,14-15,19-20H2,1-5H3/b33-32+. The molecule has 8 heteroatoms. The molecule has 0 radical (unpaired) electrons. The van der Waals surface area contributed by atoms with Crippen LogP contribution in [0.15, 0.2) is 39.3 Å². The number of ether oxygens (including phenoxy) is 1. The number of nitrogens with zero attached hydrogens (tertiary/aromatic N) is 4. The van der Waals surface area contributed by atoms with E-state index in [9.17, 15) is 20.0 Å². The molecule has 1 heterocycles. The van der Waals surface area contributed by atoms with E-state index in [0.29, 0.717) is 12.5 Å². The monoisotopic (exact) mass is 522 g/mol. The molecule has 2 unspecified atom stereocenters. The second-order valence-electron chi connectivity index (χ2n) is 9.85. The van der Waals surface area contributed by atoms with Crippen molar-refractivity contribution in [2.45, 2.75) is 92.5 Å². The van der Waals surface area contributed by atoms with Gasteiger partial charge in [-0.3, -0.25) is 9.36 Å². The fourth-order valence-electron chi connectivity index (χ4n) is 4.41. The van der Waals surface area contributed by atoms with Crippen LogP contribution in [0.5, 0.6) is 5.88 Å². The third kappa shape index (κ3) is 8.01. The molecular formula is C30H42N4O4. The first-order chi connectivity index (χ1) is 18.3. The van der Waals surface area contributed by atoms with Crippen molar-refractivity contribution < 1.29 is 14.6 Å². The molecule has 1 aromatic carbocycles. The van der Waals surface area contributed by atoms with Crippen molar-refractivity contribution in [3.05, 3.63) is 51.3 Å². The summed E-state index contributed by atoms with van der Waals surface area (Å²) in [7, 11) is 0. The minimum atomic E-state index is -0.533. The van der Waals surface area contributed by atoms with Gasteiger partial charge in [0, 0.05) is 12.1 Å². The van der Waals surface area contributed by atoms with Crippen LogP contribution in [-0.2, 0) is 11.3 Å². The van der Waals surface area contributed by atoms with Crippen LogP contribution in [0.4, 0.5) is 11.4 Å². The van der Waals surface area contributed by atoms with E-state index < -0.39 is 11.5 Å². The Morgan fingerprint density at radius 1 is 1.05 bits per heavy atom. The van der Waals surface area contributed by atoms with Gasteiger partial charge in [0.1, 0.15) is 17.3 Å². The van der Waals surface area contributed by atoms with E-state index in [1.54, 1.807) is 31.2 Å². The molecule has 2 rings (SSSR count). The molecule has 38 heavy (non-hydrogen) atoms. The van der Waals surface area contributed by atoms with Gasteiger partial charge in [-0.2, -0.15) is 5.26 Å². The van der Waals surface area contributed by atoms with Crippen molar-refractivity contribution in [3.8, 4) is 11.9 Å². The van der Waals surface area contributed by atoms with Crippen molar-refractivity contribution in [1.82, 2.24) is 4.57 Å². The van der Waals surface area contributed by atoms with Crippen molar-refractivity contribution in [2.24, 2.45) is 22.1 Å². The van der Waals surface area contributed by atoms with Crippen LogP contribution < -0.4 is 5.56 Å². The molecule has 2 atom stereocenters. The zero-order valence-corrected chi connectivity index (χ0v) is 23.5. The van der Waals surface area contributed by atoms with E-state index >= 15 is 0 Å². The van der Waals surface area contributed by atoms with Crippen LogP contribution in [0, 0.1) is 30.1 Å². The summed E-state index contributed by atoms with van der Waals surface area (Å²) in [6, 6.07) is 8.68. The fourth-order valence-corrected chi connectivity index (χ4v) is 4.41. The molecule has 2 aromatic rings. The highest BCUT2D eigenvalue weighted by atomic mass is 16.5. The van der Waals surface area contributed by atoms with E-state index in [1.165, 1.54) is 4.57 Å². The Kier molecular flexibility index (Phi) is 12.7. The molecule has 8 nitrogen and oxygen atoms in total. The molecule has 0 fully saturated rings. The smallest absolute Gasteiger partial charge is 0.340 e. The second kappa shape index (κ2) is 15.7. The van der Waals surface area contributed by atoms with E-state index in [1.807, 2.05) is 13.0 Å². The average Bonchev–Trinajstić information content (AvgIpc) is 2.93. The first-order valence-corrected chi connectivity index (χ1v) is 13.9. The third-order valence-electron chi connectivity index (χ3n) is 7.13. The Hall–Kier alpha value is -3.47. The molecule has 0 saturated carbocycles. The Balaban J connectivity index is 2.40. The summed E-state index contributed by atoms with van der Waals surface area (Å²) < 4.78 is 6.83. The van der Waals surface area contributed by atoms with Gasteiger partial charge in [0.25, 0.3) is 5.56 Å². The lowest BCUT2D eigenvalue weighted by Crippen LogP contribution is -2.27. The molecule has 0 saturated heterocycles. The van der Waals surface area contributed by atoms with E-state index in [2.05, 4.69) is 31.0 Å². The predicted octanol–water partition coefficient (Wildman–Crippen LogP) is 7.74. The molecule has 0 aliphatic carbocycles. The zero-order chi connectivity index (χ0) is 28.1. The van der Waals surface area contributed by atoms with Gasteiger partial charge in [0.05, 0.1) is 12.2 Å². The normalized spacial score (nSPS) is 12.8. The van der Waals surface area contributed by atoms with Crippen LogP contribution in [0.3, 0.4) is 0 Å². The number of pyridine rings is 1. The molecule has 0 spiro atoms. The number of azo groups is 1. The van der Waals surface area contributed by atoms with Gasteiger partial charge < -0.3 is 9.84 Å². The van der Waals surface area contributed by atoms with Gasteiger partial charge in [0.2, 0.25) is 5.88 Å². The van der Waals surface area contributed by atoms with Crippen molar-refractivity contribution in [2.75, 3.05) is 6.61 Å². The largest absolute Gasteiger partial charge is 0.493 e.